The Morgan fingerprint density at radius 1 is 0.339 bits per heavy atom. The van der Waals surface area contributed by atoms with E-state index in [0.717, 1.165) is 22.3 Å². The summed E-state index contributed by atoms with van der Waals surface area (Å²) in [6, 6.07) is 68.9. The monoisotopic (exact) mass is 733 g/mol. The smallest absolute Gasteiger partial charge is 0.148 e. The predicted molar refractivity (Wildman–Crippen MR) is 225 cm³/mol. The second-order valence-electron chi connectivity index (χ2n) is 13.8. The number of hydrogen-bond acceptors (Lipinski definition) is 4. The van der Waals surface area contributed by atoms with Gasteiger partial charge in [-0.2, -0.15) is 4.48 Å². The van der Waals surface area contributed by atoms with Gasteiger partial charge in [-0.3, -0.25) is 0 Å². The van der Waals surface area contributed by atoms with E-state index < -0.39 is 0 Å². The summed E-state index contributed by atoms with van der Waals surface area (Å²) in [6.45, 7) is 2.13. The molecular weight excluding hydrogens is 691 g/mol. The Hall–Kier alpha value is -7.08. The molecule has 0 spiro atoms. The van der Waals surface area contributed by atoms with Crippen LogP contribution in [0.4, 0.5) is 22.7 Å². The van der Waals surface area contributed by atoms with Crippen LogP contribution in [0, 0.1) is 6.92 Å². The molecule has 3 N–H and O–H groups in total. The van der Waals surface area contributed by atoms with Gasteiger partial charge in [-0.25, -0.2) is 0 Å². The zero-order valence-corrected chi connectivity index (χ0v) is 31.1. The van der Waals surface area contributed by atoms with Gasteiger partial charge in [0.05, 0.1) is 0 Å². The first-order valence-corrected chi connectivity index (χ1v) is 18.6. The lowest BCUT2D eigenvalue weighted by atomic mass is 9.73. The summed E-state index contributed by atoms with van der Waals surface area (Å²) < 4.78 is 0.558. The number of phenolic OH excluding ortho intramolecular Hbond substituents is 3. The van der Waals surface area contributed by atoms with Crippen LogP contribution in [0.2, 0.25) is 0 Å². The second-order valence-corrected chi connectivity index (χ2v) is 13.8. The van der Waals surface area contributed by atoms with Gasteiger partial charge < -0.3 is 20.4 Å². The number of phenols is 3. The highest BCUT2D eigenvalue weighted by Gasteiger charge is 2.38. The van der Waals surface area contributed by atoms with Crippen molar-refractivity contribution < 1.29 is 20.4 Å². The molecule has 0 saturated carbocycles. The minimum absolute atomic E-state index is 0.0611. The van der Waals surface area contributed by atoms with Gasteiger partial charge in [-0.05, 0) is 65.6 Å². The van der Waals surface area contributed by atoms with Crippen molar-refractivity contribution in [3.8, 4) is 23.0 Å². The van der Waals surface area contributed by atoms with Crippen molar-refractivity contribution in [2.24, 2.45) is 0 Å². The summed E-state index contributed by atoms with van der Waals surface area (Å²) >= 11 is 0. The molecule has 0 amide bonds. The average molecular weight is 734 g/mol. The largest absolute Gasteiger partial charge is 0.872 e. The maximum absolute atomic E-state index is 11.7. The van der Waals surface area contributed by atoms with E-state index in [9.17, 15) is 20.4 Å². The molecule has 8 aromatic carbocycles. The Kier molecular flexibility index (Phi) is 11.3. The minimum Gasteiger partial charge on any atom is -0.872 e. The Morgan fingerprint density at radius 2 is 0.607 bits per heavy atom. The van der Waals surface area contributed by atoms with E-state index in [1.54, 1.807) is 48.5 Å². The zero-order valence-electron chi connectivity index (χ0n) is 31.1. The molecule has 56 heavy (non-hydrogen) atoms. The molecule has 0 aliphatic carbocycles. The quantitative estimate of drug-likeness (QED) is 0.129. The molecule has 1 atom stereocenters. The van der Waals surface area contributed by atoms with Crippen molar-refractivity contribution >= 4 is 22.7 Å². The molecule has 0 aromatic heterocycles. The van der Waals surface area contributed by atoms with Crippen LogP contribution in [0.1, 0.15) is 39.7 Å². The Bertz CT molecular complexity index is 2140. The van der Waals surface area contributed by atoms with E-state index in [4.69, 9.17) is 0 Å². The van der Waals surface area contributed by atoms with Gasteiger partial charge in [0.25, 0.3) is 0 Å². The van der Waals surface area contributed by atoms with Crippen molar-refractivity contribution in [1.82, 2.24) is 4.48 Å². The molecule has 0 heterocycles. The zero-order chi connectivity index (χ0) is 38.9. The summed E-state index contributed by atoms with van der Waals surface area (Å²) in [5.41, 5.74) is 10.0. The van der Waals surface area contributed by atoms with Crippen molar-refractivity contribution in [3.63, 3.8) is 0 Å². The highest BCUT2D eigenvalue weighted by molar-refractivity contribution is 5.81. The van der Waals surface area contributed by atoms with E-state index >= 15 is 0 Å². The van der Waals surface area contributed by atoms with Crippen molar-refractivity contribution in [2.75, 3.05) is 0 Å². The standard InChI is InChI=1S/C26H22O4.C25H22N/c27-21-9-1-17(2-10-21)25(18-3-11-22(28)12-4-18)26(19-5-13-23(29)14-6-19)20-7-15-24(30)16-8-20;1-21-17-19-25(20-18-21)26(22-11-5-2-6-12-22,23-13-7-3-8-14-23)24-15-9-4-10-16-24/h1-16,25-30H;2-20H,1H3/q;+1/p-1. The van der Waals surface area contributed by atoms with Gasteiger partial charge in [0, 0.05) is 60.4 Å². The first-order valence-electron chi connectivity index (χ1n) is 18.6. The highest BCUT2D eigenvalue weighted by atomic mass is 16.3. The second kappa shape index (κ2) is 16.9. The fourth-order valence-corrected chi connectivity index (χ4v) is 7.49. The number of quaternary nitrogens is 1. The third kappa shape index (κ3) is 8.04. The third-order valence-corrected chi connectivity index (χ3v) is 10.2. The maximum Gasteiger partial charge on any atom is 0.148 e. The molecule has 0 aliphatic heterocycles. The van der Waals surface area contributed by atoms with Crippen LogP contribution in [-0.2, 0) is 0 Å². The lowest BCUT2D eigenvalue weighted by molar-refractivity contribution is -0.268. The normalized spacial score (nSPS) is 11.7. The van der Waals surface area contributed by atoms with Gasteiger partial charge in [-0.15, -0.1) is 5.75 Å². The number of aryl methyl sites for hydroxylation is 1. The van der Waals surface area contributed by atoms with E-state index in [2.05, 4.69) is 122 Å². The van der Waals surface area contributed by atoms with Crippen molar-refractivity contribution in [2.45, 2.75) is 18.8 Å². The first-order chi connectivity index (χ1) is 27.3. The maximum atomic E-state index is 11.7. The number of nitrogens with zero attached hydrogens (tertiary/aromatic N) is 1. The van der Waals surface area contributed by atoms with E-state index in [1.807, 2.05) is 48.5 Å². The molecular formula is C51H43NO4. The molecule has 0 aliphatic rings. The first kappa shape index (κ1) is 37.2. The fraction of sp³-hybridized carbons (Fsp3) is 0.0588. The van der Waals surface area contributed by atoms with Crippen LogP contribution in [0.3, 0.4) is 0 Å². The molecule has 5 heteroatoms. The summed E-state index contributed by atoms with van der Waals surface area (Å²) in [6.07, 6.45) is 0. The fourth-order valence-electron chi connectivity index (χ4n) is 7.49. The van der Waals surface area contributed by atoms with Crippen molar-refractivity contribution in [1.29, 1.82) is 0 Å². The van der Waals surface area contributed by atoms with Crippen LogP contribution >= 0.6 is 0 Å². The molecule has 0 fully saturated rings. The van der Waals surface area contributed by atoms with Crippen LogP contribution in [-0.4, -0.2) is 15.3 Å². The van der Waals surface area contributed by atoms with E-state index in [-0.39, 0.29) is 34.8 Å². The van der Waals surface area contributed by atoms with Gasteiger partial charge in [0.15, 0.2) is 0 Å². The Labute approximate surface area is 328 Å². The number of rotatable bonds is 9. The van der Waals surface area contributed by atoms with Crippen LogP contribution in [0.25, 0.3) is 0 Å². The van der Waals surface area contributed by atoms with Gasteiger partial charge in [0.1, 0.15) is 40.0 Å². The van der Waals surface area contributed by atoms with Crippen molar-refractivity contribution in [3.05, 3.63) is 240 Å². The Morgan fingerprint density at radius 3 is 0.911 bits per heavy atom. The summed E-state index contributed by atoms with van der Waals surface area (Å²) in [5, 5.41) is 41.1. The average Bonchev–Trinajstić information content (AvgIpc) is 3.24. The van der Waals surface area contributed by atoms with Gasteiger partial charge in [-0.1, -0.05) is 133 Å². The lowest BCUT2D eigenvalue weighted by Crippen LogP contribution is -2.33. The molecule has 0 bridgehead atoms. The molecule has 0 saturated heterocycles. The summed E-state index contributed by atoms with van der Waals surface area (Å²) in [4.78, 5) is 0. The number of aromatic hydroxyl groups is 3. The van der Waals surface area contributed by atoms with Crippen LogP contribution < -0.4 is 9.59 Å². The molecule has 8 rings (SSSR count). The summed E-state index contributed by atoms with van der Waals surface area (Å²) in [5.74, 6) is 0.154. The SMILES string of the molecule is Cc1ccc([N+](c2ccccc2)(c2ccccc2)c2ccccc2)cc1.[O-]c1ccc(C(c2ccc(O)cc2)C(c2ccc(O)cc2)c2ccc(O)cc2)cc1. The van der Waals surface area contributed by atoms with E-state index in [0.29, 0.717) is 4.48 Å². The highest BCUT2D eigenvalue weighted by Crippen LogP contribution is 2.51. The van der Waals surface area contributed by atoms with E-state index in [1.165, 1.54) is 28.3 Å². The van der Waals surface area contributed by atoms with Crippen LogP contribution in [0.5, 0.6) is 23.0 Å². The van der Waals surface area contributed by atoms with Crippen LogP contribution in [0.15, 0.2) is 212 Å². The molecule has 276 valence electrons. The van der Waals surface area contributed by atoms with Gasteiger partial charge >= 0.3 is 0 Å². The molecule has 8 aromatic rings. The number of para-hydroxylation sites is 3. The van der Waals surface area contributed by atoms with Gasteiger partial charge in [0.2, 0.25) is 0 Å². The minimum atomic E-state index is -0.166. The molecule has 0 radical (unpaired) electrons. The Balaban J connectivity index is 0.000000173. The number of benzene rings is 8. The predicted octanol–water partition coefficient (Wildman–Crippen LogP) is 12.1. The number of hydrogen-bond donors (Lipinski definition) is 3. The summed E-state index contributed by atoms with van der Waals surface area (Å²) in [7, 11) is 0. The molecule has 5 nitrogen and oxygen atoms in total. The lowest BCUT2D eigenvalue weighted by Gasteiger charge is -2.37. The topological polar surface area (TPSA) is 83.8 Å². The third-order valence-electron chi connectivity index (χ3n) is 10.2. The molecule has 1 unspecified atom stereocenters.